The average molecular weight is 388 g/mol. The van der Waals surface area contributed by atoms with E-state index < -0.39 is 0 Å². The lowest BCUT2D eigenvalue weighted by molar-refractivity contribution is -0.115. The molecule has 0 fully saturated rings. The van der Waals surface area contributed by atoms with Gasteiger partial charge in [0, 0.05) is 16.5 Å². The Morgan fingerprint density at radius 1 is 1.04 bits per heavy atom. The maximum atomic E-state index is 12.2. The first-order valence-corrected chi connectivity index (χ1v) is 9.96. The first-order chi connectivity index (χ1) is 13.7. The molecule has 0 aliphatic carbocycles. The Labute approximate surface area is 167 Å². The lowest BCUT2D eigenvalue weighted by Gasteiger charge is -2.08. The topological polar surface area (TPSA) is 51.2 Å². The van der Waals surface area contributed by atoms with E-state index in [0.717, 1.165) is 38.5 Å². The molecule has 0 saturated carbocycles. The van der Waals surface area contributed by atoms with Gasteiger partial charge in [-0.1, -0.05) is 54.1 Å². The Balaban J connectivity index is 1.36. The zero-order valence-corrected chi connectivity index (χ0v) is 16.3. The van der Waals surface area contributed by atoms with Gasteiger partial charge in [-0.05, 0) is 30.5 Å². The molecule has 0 radical (unpaired) electrons. The molecular formula is C23H20N2O2S. The minimum Gasteiger partial charge on any atom is -0.487 e. The van der Waals surface area contributed by atoms with E-state index in [1.807, 2.05) is 66.9 Å². The molecule has 0 atom stereocenters. The van der Waals surface area contributed by atoms with Crippen molar-refractivity contribution in [2.75, 3.05) is 5.32 Å². The van der Waals surface area contributed by atoms with Crippen LogP contribution in [0.1, 0.15) is 16.3 Å². The number of benzene rings is 3. The maximum absolute atomic E-state index is 12.2. The summed E-state index contributed by atoms with van der Waals surface area (Å²) in [6.07, 6.45) is 0.257. The summed E-state index contributed by atoms with van der Waals surface area (Å²) >= 11 is 1.48. The Bertz CT molecular complexity index is 1100. The fraction of sp³-hybridized carbons (Fsp3) is 0.130. The van der Waals surface area contributed by atoms with E-state index in [4.69, 9.17) is 4.74 Å². The molecule has 3 aromatic carbocycles. The van der Waals surface area contributed by atoms with Gasteiger partial charge in [0.15, 0.2) is 0 Å². The molecule has 1 N–H and O–H groups in total. The minimum atomic E-state index is -0.0697. The van der Waals surface area contributed by atoms with Gasteiger partial charge in [0.1, 0.15) is 17.4 Å². The van der Waals surface area contributed by atoms with Crippen molar-refractivity contribution in [3.05, 3.63) is 88.4 Å². The second-order valence-corrected chi connectivity index (χ2v) is 7.53. The van der Waals surface area contributed by atoms with E-state index in [2.05, 4.69) is 22.4 Å². The molecule has 0 unspecified atom stereocenters. The number of nitrogens with zero attached hydrogens (tertiary/aromatic N) is 1. The first kappa shape index (κ1) is 18.2. The van der Waals surface area contributed by atoms with Crippen LogP contribution in [0.15, 0.2) is 72.1 Å². The Morgan fingerprint density at radius 3 is 2.68 bits per heavy atom. The number of hydrogen-bond acceptors (Lipinski definition) is 4. The number of rotatable bonds is 6. The molecule has 0 bridgehead atoms. The number of hydrogen-bond donors (Lipinski definition) is 1. The number of aromatic nitrogens is 1. The predicted molar refractivity (Wildman–Crippen MR) is 114 cm³/mol. The summed E-state index contributed by atoms with van der Waals surface area (Å²) in [6, 6.07) is 21.9. The number of fused-ring (bicyclic) bond motifs is 1. The number of aryl methyl sites for hydroxylation is 1. The third kappa shape index (κ3) is 4.38. The van der Waals surface area contributed by atoms with Crippen molar-refractivity contribution in [3.8, 4) is 5.75 Å². The minimum absolute atomic E-state index is 0.0697. The number of anilines is 1. The summed E-state index contributed by atoms with van der Waals surface area (Å²) in [5, 5.41) is 7.85. The molecule has 0 aliphatic rings. The van der Waals surface area contributed by atoms with Gasteiger partial charge < -0.3 is 10.1 Å². The second kappa shape index (κ2) is 8.23. The number of ether oxygens (including phenoxy) is 1. The smallest absolute Gasteiger partial charge is 0.231 e. The fourth-order valence-corrected chi connectivity index (χ4v) is 3.73. The van der Waals surface area contributed by atoms with Crippen LogP contribution >= 0.6 is 11.3 Å². The van der Waals surface area contributed by atoms with Gasteiger partial charge in [0.2, 0.25) is 5.91 Å². The molecule has 4 aromatic rings. The summed E-state index contributed by atoms with van der Waals surface area (Å²) in [7, 11) is 0. The van der Waals surface area contributed by atoms with Gasteiger partial charge in [-0.25, -0.2) is 4.98 Å². The normalized spacial score (nSPS) is 10.8. The summed E-state index contributed by atoms with van der Waals surface area (Å²) in [6.45, 7) is 2.40. The lowest BCUT2D eigenvalue weighted by atomic mass is 10.1. The van der Waals surface area contributed by atoms with Crippen LogP contribution in [0.5, 0.6) is 5.75 Å². The van der Waals surface area contributed by atoms with Crippen molar-refractivity contribution in [3.63, 3.8) is 0 Å². The number of nitrogens with one attached hydrogen (secondary N) is 1. The van der Waals surface area contributed by atoms with Crippen molar-refractivity contribution in [2.45, 2.75) is 20.0 Å². The van der Waals surface area contributed by atoms with Crippen LogP contribution in [0, 0.1) is 6.92 Å². The molecule has 5 heteroatoms. The zero-order valence-electron chi connectivity index (χ0n) is 15.5. The third-order valence-electron chi connectivity index (χ3n) is 4.37. The molecule has 28 heavy (non-hydrogen) atoms. The van der Waals surface area contributed by atoms with E-state index in [9.17, 15) is 4.79 Å². The highest BCUT2D eigenvalue weighted by molar-refractivity contribution is 7.09. The maximum Gasteiger partial charge on any atom is 0.231 e. The number of amides is 1. The van der Waals surface area contributed by atoms with Crippen LogP contribution < -0.4 is 10.1 Å². The van der Waals surface area contributed by atoms with Crippen LogP contribution in [0.2, 0.25) is 0 Å². The largest absolute Gasteiger partial charge is 0.487 e. The standard InChI is InChI=1S/C23H20N2O2S/c1-16-9-11-18(12-10-16)24-22(26)13-23-25-19(15-28-23)14-27-21-8-4-6-17-5-2-3-7-20(17)21/h2-12,15H,13-14H2,1H3,(H,24,26). The lowest BCUT2D eigenvalue weighted by Crippen LogP contribution is -2.14. The molecule has 0 spiro atoms. The van der Waals surface area contributed by atoms with Crippen LogP contribution in [0.4, 0.5) is 5.69 Å². The molecule has 1 amide bonds. The number of thiazole rings is 1. The van der Waals surface area contributed by atoms with Crippen molar-refractivity contribution in [1.82, 2.24) is 4.98 Å². The van der Waals surface area contributed by atoms with Crippen LogP contribution in [0.25, 0.3) is 10.8 Å². The van der Waals surface area contributed by atoms with Gasteiger partial charge >= 0.3 is 0 Å². The average Bonchev–Trinajstić information content (AvgIpc) is 3.15. The van der Waals surface area contributed by atoms with Crippen molar-refractivity contribution >= 4 is 33.7 Å². The molecule has 1 aromatic heterocycles. The SMILES string of the molecule is Cc1ccc(NC(=O)Cc2nc(COc3cccc4ccccc34)cs2)cc1. The van der Waals surface area contributed by atoms with Gasteiger partial charge in [0.05, 0.1) is 12.1 Å². The van der Waals surface area contributed by atoms with Crippen LogP contribution in [-0.2, 0) is 17.8 Å². The van der Waals surface area contributed by atoms with Crippen LogP contribution in [-0.4, -0.2) is 10.9 Å². The molecular weight excluding hydrogens is 368 g/mol. The predicted octanol–water partition coefficient (Wildman–Crippen LogP) is 5.36. The highest BCUT2D eigenvalue weighted by Gasteiger charge is 2.10. The van der Waals surface area contributed by atoms with Gasteiger partial charge in [-0.15, -0.1) is 11.3 Å². The molecule has 4 rings (SSSR count). The second-order valence-electron chi connectivity index (χ2n) is 6.59. The Morgan fingerprint density at radius 2 is 1.82 bits per heavy atom. The summed E-state index contributed by atoms with van der Waals surface area (Å²) < 4.78 is 5.97. The molecule has 140 valence electrons. The summed E-state index contributed by atoms with van der Waals surface area (Å²) in [4.78, 5) is 16.8. The van der Waals surface area contributed by atoms with Crippen LogP contribution in [0.3, 0.4) is 0 Å². The quantitative estimate of drug-likeness (QED) is 0.483. The highest BCUT2D eigenvalue weighted by Crippen LogP contribution is 2.26. The van der Waals surface area contributed by atoms with E-state index >= 15 is 0 Å². The number of carbonyl (C=O) groups excluding carboxylic acids is 1. The summed E-state index contributed by atoms with van der Waals surface area (Å²) in [5.41, 5.74) is 2.79. The molecule has 4 nitrogen and oxygen atoms in total. The Kier molecular flexibility index (Phi) is 5.35. The van der Waals surface area contributed by atoms with E-state index in [1.165, 1.54) is 11.3 Å². The van der Waals surface area contributed by atoms with Gasteiger partial charge in [-0.2, -0.15) is 0 Å². The summed E-state index contributed by atoms with van der Waals surface area (Å²) in [5.74, 6) is 0.768. The highest BCUT2D eigenvalue weighted by atomic mass is 32.1. The first-order valence-electron chi connectivity index (χ1n) is 9.08. The fourth-order valence-electron chi connectivity index (χ4n) is 2.95. The van der Waals surface area contributed by atoms with E-state index in [1.54, 1.807) is 0 Å². The van der Waals surface area contributed by atoms with E-state index in [-0.39, 0.29) is 12.3 Å². The van der Waals surface area contributed by atoms with Gasteiger partial charge in [0.25, 0.3) is 0 Å². The molecule has 0 aliphatic heterocycles. The van der Waals surface area contributed by atoms with E-state index in [0.29, 0.717) is 6.61 Å². The van der Waals surface area contributed by atoms with Crippen molar-refractivity contribution in [2.24, 2.45) is 0 Å². The number of carbonyl (C=O) groups is 1. The Hall–Kier alpha value is -3.18. The van der Waals surface area contributed by atoms with Gasteiger partial charge in [-0.3, -0.25) is 4.79 Å². The third-order valence-corrected chi connectivity index (χ3v) is 5.27. The van der Waals surface area contributed by atoms with Crippen molar-refractivity contribution < 1.29 is 9.53 Å². The zero-order chi connectivity index (χ0) is 19.3. The monoisotopic (exact) mass is 388 g/mol. The molecule has 0 saturated heterocycles. The van der Waals surface area contributed by atoms with Crippen molar-refractivity contribution in [1.29, 1.82) is 0 Å². The molecule has 1 heterocycles.